The molecular formula is C23H27Cl3N2O3. The largest absolute Gasteiger partial charge is 0.484 e. The molecule has 2 rings (SSSR count). The van der Waals surface area contributed by atoms with Crippen LogP contribution in [0.4, 0.5) is 0 Å². The molecule has 168 valence electrons. The highest BCUT2D eigenvalue weighted by molar-refractivity contribution is 6.42. The molecule has 8 heteroatoms. The first-order valence-electron chi connectivity index (χ1n) is 10.2. The van der Waals surface area contributed by atoms with Crippen molar-refractivity contribution in [3.63, 3.8) is 0 Å². The van der Waals surface area contributed by atoms with Crippen LogP contribution in [0.5, 0.6) is 5.75 Å². The van der Waals surface area contributed by atoms with E-state index in [9.17, 15) is 9.59 Å². The van der Waals surface area contributed by atoms with Gasteiger partial charge < -0.3 is 15.0 Å². The Kier molecular flexibility index (Phi) is 9.94. The molecule has 0 spiro atoms. The number of benzene rings is 2. The third-order valence-corrected chi connectivity index (χ3v) is 5.86. The highest BCUT2D eigenvalue weighted by Crippen LogP contribution is 2.24. The number of rotatable bonds is 10. The Labute approximate surface area is 198 Å². The number of carbonyl (C=O) groups excluding carboxylic acids is 2. The average Bonchev–Trinajstić information content (AvgIpc) is 2.74. The number of carbonyl (C=O) groups is 2. The first-order chi connectivity index (χ1) is 14.7. The molecule has 1 N–H and O–H groups in total. The van der Waals surface area contributed by atoms with Crippen molar-refractivity contribution in [3.05, 3.63) is 63.1 Å². The SMILES string of the molecule is CC[C@H](C)NC(=O)[C@H](CC)N(Cc1ccc(Cl)c(Cl)c1)C(=O)COc1cccc(Cl)c1. The first kappa shape index (κ1) is 25.3. The Morgan fingerprint density at radius 1 is 1.03 bits per heavy atom. The highest BCUT2D eigenvalue weighted by Gasteiger charge is 2.29. The van der Waals surface area contributed by atoms with Crippen molar-refractivity contribution < 1.29 is 14.3 Å². The lowest BCUT2D eigenvalue weighted by Crippen LogP contribution is -2.51. The Balaban J connectivity index is 2.24. The molecule has 31 heavy (non-hydrogen) atoms. The summed E-state index contributed by atoms with van der Waals surface area (Å²) < 4.78 is 5.63. The number of nitrogens with zero attached hydrogens (tertiary/aromatic N) is 1. The predicted molar refractivity (Wildman–Crippen MR) is 126 cm³/mol. The van der Waals surface area contributed by atoms with Gasteiger partial charge in [-0.05, 0) is 55.7 Å². The van der Waals surface area contributed by atoms with Gasteiger partial charge in [-0.15, -0.1) is 0 Å². The summed E-state index contributed by atoms with van der Waals surface area (Å²) in [7, 11) is 0. The van der Waals surface area contributed by atoms with Gasteiger partial charge in [-0.1, -0.05) is 60.8 Å². The fourth-order valence-electron chi connectivity index (χ4n) is 2.98. The number of hydrogen-bond donors (Lipinski definition) is 1. The average molecular weight is 486 g/mol. The molecule has 0 fully saturated rings. The molecule has 0 unspecified atom stereocenters. The summed E-state index contributed by atoms with van der Waals surface area (Å²) >= 11 is 18.1. The molecule has 0 saturated carbocycles. The fraction of sp³-hybridized carbons (Fsp3) is 0.391. The molecule has 2 aromatic rings. The van der Waals surface area contributed by atoms with Crippen LogP contribution in [0, 0.1) is 0 Å². The molecule has 0 radical (unpaired) electrons. The van der Waals surface area contributed by atoms with Gasteiger partial charge in [0.2, 0.25) is 5.91 Å². The third kappa shape index (κ3) is 7.60. The van der Waals surface area contributed by atoms with Gasteiger partial charge >= 0.3 is 0 Å². The lowest BCUT2D eigenvalue weighted by atomic mass is 10.1. The van der Waals surface area contributed by atoms with E-state index in [1.807, 2.05) is 20.8 Å². The number of ether oxygens (including phenoxy) is 1. The van der Waals surface area contributed by atoms with Crippen LogP contribution in [0.2, 0.25) is 15.1 Å². The molecule has 0 aromatic heterocycles. The standard InChI is InChI=1S/C23H27Cl3N2O3/c1-4-15(3)27-23(30)21(5-2)28(13-16-9-10-19(25)20(26)11-16)22(29)14-31-18-8-6-7-17(24)12-18/h6-12,15,21H,4-5,13-14H2,1-3H3,(H,27,30)/t15-,21-/m0/s1. The second-order valence-electron chi connectivity index (χ2n) is 7.26. The Hall–Kier alpha value is -1.95. The Morgan fingerprint density at radius 2 is 1.77 bits per heavy atom. The van der Waals surface area contributed by atoms with Gasteiger partial charge in [-0.25, -0.2) is 0 Å². The van der Waals surface area contributed by atoms with Gasteiger partial charge in [0.1, 0.15) is 11.8 Å². The topological polar surface area (TPSA) is 58.6 Å². The van der Waals surface area contributed by atoms with E-state index in [0.29, 0.717) is 27.2 Å². The molecule has 2 aromatic carbocycles. The summed E-state index contributed by atoms with van der Waals surface area (Å²) in [6.07, 6.45) is 1.24. The van der Waals surface area contributed by atoms with Crippen LogP contribution in [0.1, 0.15) is 39.2 Å². The van der Waals surface area contributed by atoms with Crippen molar-refractivity contribution in [2.24, 2.45) is 0 Å². The molecule has 0 aliphatic rings. The van der Waals surface area contributed by atoms with Gasteiger partial charge in [0.25, 0.3) is 5.91 Å². The van der Waals surface area contributed by atoms with Crippen LogP contribution in [-0.4, -0.2) is 35.4 Å². The molecular weight excluding hydrogens is 459 g/mol. The van der Waals surface area contributed by atoms with E-state index in [1.165, 1.54) is 4.90 Å². The van der Waals surface area contributed by atoms with Gasteiger partial charge in [0.15, 0.2) is 6.61 Å². The number of halogens is 3. The summed E-state index contributed by atoms with van der Waals surface area (Å²) in [6, 6.07) is 11.3. The monoisotopic (exact) mass is 484 g/mol. The van der Waals surface area contributed by atoms with Crippen LogP contribution < -0.4 is 10.1 Å². The van der Waals surface area contributed by atoms with Gasteiger partial charge in [0, 0.05) is 17.6 Å². The van der Waals surface area contributed by atoms with Crippen molar-refractivity contribution >= 4 is 46.6 Å². The number of amides is 2. The zero-order valence-corrected chi connectivity index (χ0v) is 20.1. The maximum Gasteiger partial charge on any atom is 0.261 e. The van der Waals surface area contributed by atoms with Crippen molar-refractivity contribution in [2.45, 2.75) is 52.2 Å². The van der Waals surface area contributed by atoms with Crippen molar-refractivity contribution in [1.82, 2.24) is 10.2 Å². The van der Waals surface area contributed by atoms with Crippen molar-refractivity contribution in [2.75, 3.05) is 6.61 Å². The zero-order chi connectivity index (χ0) is 23.0. The quantitative estimate of drug-likeness (QED) is 0.466. The molecule has 0 heterocycles. The van der Waals surface area contributed by atoms with Crippen LogP contribution in [0.15, 0.2) is 42.5 Å². The summed E-state index contributed by atoms with van der Waals surface area (Å²) in [5.41, 5.74) is 0.764. The lowest BCUT2D eigenvalue weighted by molar-refractivity contribution is -0.143. The minimum Gasteiger partial charge on any atom is -0.484 e. The molecule has 5 nitrogen and oxygen atoms in total. The minimum absolute atomic E-state index is 0.00573. The van der Waals surface area contributed by atoms with Crippen LogP contribution in [0.3, 0.4) is 0 Å². The summed E-state index contributed by atoms with van der Waals surface area (Å²) in [5, 5.41) is 4.29. The molecule has 0 aliphatic heterocycles. The van der Waals surface area contributed by atoms with E-state index in [1.54, 1.807) is 42.5 Å². The fourth-order valence-corrected chi connectivity index (χ4v) is 3.48. The van der Waals surface area contributed by atoms with E-state index < -0.39 is 6.04 Å². The second kappa shape index (κ2) is 12.2. The molecule has 0 bridgehead atoms. The first-order valence-corrected chi connectivity index (χ1v) is 11.3. The van der Waals surface area contributed by atoms with Crippen LogP contribution in [0.25, 0.3) is 0 Å². The maximum atomic E-state index is 13.1. The Morgan fingerprint density at radius 3 is 2.39 bits per heavy atom. The van der Waals surface area contributed by atoms with E-state index >= 15 is 0 Å². The number of nitrogens with one attached hydrogen (secondary N) is 1. The van der Waals surface area contributed by atoms with Gasteiger partial charge in [-0.3, -0.25) is 9.59 Å². The summed E-state index contributed by atoms with van der Waals surface area (Å²) in [4.78, 5) is 27.6. The Bertz CT molecular complexity index is 907. The molecule has 2 atom stereocenters. The molecule has 0 aliphatic carbocycles. The van der Waals surface area contributed by atoms with E-state index in [0.717, 1.165) is 12.0 Å². The van der Waals surface area contributed by atoms with Gasteiger partial charge in [-0.2, -0.15) is 0 Å². The normalized spacial score (nSPS) is 12.7. The van der Waals surface area contributed by atoms with Crippen molar-refractivity contribution in [1.29, 1.82) is 0 Å². The second-order valence-corrected chi connectivity index (χ2v) is 8.51. The zero-order valence-electron chi connectivity index (χ0n) is 17.8. The predicted octanol–water partition coefficient (Wildman–Crippen LogP) is 5.75. The summed E-state index contributed by atoms with van der Waals surface area (Å²) in [6.45, 7) is 5.75. The van der Waals surface area contributed by atoms with Gasteiger partial charge in [0.05, 0.1) is 10.0 Å². The summed E-state index contributed by atoms with van der Waals surface area (Å²) in [5.74, 6) is -0.0438. The van der Waals surface area contributed by atoms with E-state index in [4.69, 9.17) is 39.5 Å². The number of hydrogen-bond acceptors (Lipinski definition) is 3. The van der Waals surface area contributed by atoms with Crippen molar-refractivity contribution in [3.8, 4) is 5.75 Å². The minimum atomic E-state index is -0.654. The van der Waals surface area contributed by atoms with E-state index in [-0.39, 0.29) is 31.0 Å². The van der Waals surface area contributed by atoms with Crippen LogP contribution >= 0.6 is 34.8 Å². The lowest BCUT2D eigenvalue weighted by Gasteiger charge is -2.31. The molecule has 0 saturated heterocycles. The molecule has 2 amide bonds. The maximum absolute atomic E-state index is 13.1. The highest BCUT2D eigenvalue weighted by atomic mass is 35.5. The van der Waals surface area contributed by atoms with E-state index in [2.05, 4.69) is 5.32 Å². The van der Waals surface area contributed by atoms with Crippen LogP contribution in [-0.2, 0) is 16.1 Å². The smallest absolute Gasteiger partial charge is 0.261 e. The third-order valence-electron chi connectivity index (χ3n) is 4.88.